The van der Waals surface area contributed by atoms with Gasteiger partial charge in [-0.15, -0.1) is 0 Å². The van der Waals surface area contributed by atoms with Gasteiger partial charge in [0.1, 0.15) is 0 Å². The van der Waals surface area contributed by atoms with E-state index in [9.17, 15) is 14.4 Å². The van der Waals surface area contributed by atoms with E-state index in [2.05, 4.69) is 15.5 Å². The normalized spacial score (nSPS) is 22.9. The van der Waals surface area contributed by atoms with E-state index < -0.39 is 11.6 Å². The molecule has 4 amide bonds. The van der Waals surface area contributed by atoms with Crippen LogP contribution in [0.15, 0.2) is 60.7 Å². The van der Waals surface area contributed by atoms with Gasteiger partial charge in [0.2, 0.25) is 5.91 Å². The van der Waals surface area contributed by atoms with Crippen LogP contribution in [0.3, 0.4) is 0 Å². The Labute approximate surface area is 205 Å². The van der Waals surface area contributed by atoms with Crippen molar-refractivity contribution in [3.8, 4) is 0 Å². The highest BCUT2D eigenvalue weighted by atomic mass is 16.5. The number of imide groups is 1. The van der Waals surface area contributed by atoms with Gasteiger partial charge in [0.15, 0.2) is 5.54 Å². The predicted molar refractivity (Wildman–Crippen MR) is 130 cm³/mol. The van der Waals surface area contributed by atoms with Crippen molar-refractivity contribution in [2.45, 2.75) is 37.3 Å². The Morgan fingerprint density at radius 1 is 0.971 bits per heavy atom. The topological polar surface area (TPSA) is 91.0 Å². The number of hydrogen-bond acceptors (Lipinski definition) is 5. The summed E-state index contributed by atoms with van der Waals surface area (Å²) < 4.78 is 5.58. The first-order chi connectivity index (χ1) is 17.1. The third kappa shape index (κ3) is 4.68. The van der Waals surface area contributed by atoms with Gasteiger partial charge in [0.25, 0.3) is 5.91 Å². The molecular formula is C27H32N4O4. The molecule has 1 atom stereocenters. The van der Waals surface area contributed by atoms with E-state index in [1.165, 1.54) is 4.90 Å². The summed E-state index contributed by atoms with van der Waals surface area (Å²) in [4.78, 5) is 42.9. The Bertz CT molecular complexity index is 1010. The van der Waals surface area contributed by atoms with E-state index in [0.29, 0.717) is 32.5 Å². The molecule has 0 radical (unpaired) electrons. The Kier molecular flexibility index (Phi) is 6.83. The van der Waals surface area contributed by atoms with Crippen LogP contribution in [0.4, 0.5) is 4.79 Å². The minimum atomic E-state index is -1.25. The molecule has 2 aromatic carbocycles. The molecule has 2 N–H and O–H groups in total. The van der Waals surface area contributed by atoms with Crippen LogP contribution in [0.5, 0.6) is 0 Å². The minimum absolute atomic E-state index is 0.0523. The summed E-state index contributed by atoms with van der Waals surface area (Å²) in [5.74, 6) is -0.262. The van der Waals surface area contributed by atoms with Crippen molar-refractivity contribution in [3.05, 3.63) is 71.8 Å². The maximum atomic E-state index is 13.8. The van der Waals surface area contributed by atoms with Gasteiger partial charge < -0.3 is 15.4 Å². The molecule has 3 saturated heterocycles. The zero-order valence-corrected chi connectivity index (χ0v) is 19.8. The number of hydrogen-bond donors (Lipinski definition) is 2. The third-order valence-corrected chi connectivity index (χ3v) is 7.35. The first kappa shape index (κ1) is 23.5. The number of nitrogens with one attached hydrogen (secondary N) is 2. The summed E-state index contributed by atoms with van der Waals surface area (Å²) in [7, 11) is 0. The second kappa shape index (κ2) is 10.2. The maximum Gasteiger partial charge on any atom is 0.326 e. The molecule has 0 aromatic heterocycles. The number of carbonyl (C=O) groups is 3. The summed E-state index contributed by atoms with van der Waals surface area (Å²) in [6.07, 6.45) is 3.58. The van der Waals surface area contributed by atoms with Crippen molar-refractivity contribution in [1.29, 1.82) is 0 Å². The van der Waals surface area contributed by atoms with Gasteiger partial charge in [0, 0.05) is 32.2 Å². The largest absolute Gasteiger partial charge is 0.376 e. The second-order valence-corrected chi connectivity index (χ2v) is 9.56. The van der Waals surface area contributed by atoms with E-state index in [-0.39, 0.29) is 30.5 Å². The summed E-state index contributed by atoms with van der Waals surface area (Å²) in [5.41, 5.74) is 0.211. The summed E-state index contributed by atoms with van der Waals surface area (Å²) in [6, 6.07) is 18.3. The smallest absolute Gasteiger partial charge is 0.326 e. The van der Waals surface area contributed by atoms with Crippen molar-refractivity contribution in [3.63, 3.8) is 0 Å². The van der Waals surface area contributed by atoms with Gasteiger partial charge >= 0.3 is 6.03 Å². The lowest BCUT2D eigenvalue weighted by Crippen LogP contribution is -2.48. The molecule has 8 nitrogen and oxygen atoms in total. The van der Waals surface area contributed by atoms with Crippen LogP contribution in [0.25, 0.3) is 0 Å². The zero-order valence-electron chi connectivity index (χ0n) is 19.8. The fourth-order valence-electron chi connectivity index (χ4n) is 5.34. The number of nitrogens with zero attached hydrogens (tertiary/aromatic N) is 2. The lowest BCUT2D eigenvalue weighted by molar-refractivity contribution is -0.133. The summed E-state index contributed by atoms with van der Waals surface area (Å²) in [6.45, 7) is 2.86. The molecule has 3 heterocycles. The molecule has 8 heteroatoms. The number of urea groups is 1. The molecule has 0 bridgehead atoms. The number of carbonyl (C=O) groups excluding carboxylic acids is 3. The van der Waals surface area contributed by atoms with Crippen LogP contribution >= 0.6 is 0 Å². The highest BCUT2D eigenvalue weighted by molar-refractivity contribution is 6.09. The number of piperidine rings is 1. The van der Waals surface area contributed by atoms with Crippen LogP contribution < -0.4 is 10.6 Å². The van der Waals surface area contributed by atoms with E-state index in [1.54, 1.807) is 0 Å². The van der Waals surface area contributed by atoms with Gasteiger partial charge in [-0.2, -0.15) is 0 Å². The molecule has 3 fully saturated rings. The molecule has 184 valence electrons. The first-order valence-corrected chi connectivity index (χ1v) is 12.4. The lowest BCUT2D eigenvalue weighted by atomic mass is 9.83. The zero-order chi connectivity index (χ0) is 24.3. The van der Waals surface area contributed by atoms with Crippen LogP contribution in [0.2, 0.25) is 0 Å². The Morgan fingerprint density at radius 3 is 2.17 bits per heavy atom. The SMILES string of the molecule is O=C(NCC1CCCO1)C1CCN(CN2C(=O)NC(c3ccccc3)(c3ccccc3)C2=O)CC1. The van der Waals surface area contributed by atoms with Gasteiger partial charge in [-0.3, -0.25) is 14.5 Å². The molecule has 35 heavy (non-hydrogen) atoms. The number of rotatable bonds is 7. The fraction of sp³-hybridized carbons (Fsp3) is 0.444. The van der Waals surface area contributed by atoms with E-state index in [4.69, 9.17) is 4.74 Å². The Morgan fingerprint density at radius 2 is 1.60 bits per heavy atom. The molecule has 5 rings (SSSR count). The van der Waals surface area contributed by atoms with E-state index in [1.807, 2.05) is 60.7 Å². The molecule has 0 saturated carbocycles. The lowest BCUT2D eigenvalue weighted by Gasteiger charge is -2.33. The van der Waals surface area contributed by atoms with Gasteiger partial charge in [-0.05, 0) is 36.8 Å². The molecule has 1 unspecified atom stereocenters. The van der Waals surface area contributed by atoms with Crippen LogP contribution in [-0.2, 0) is 19.9 Å². The predicted octanol–water partition coefficient (Wildman–Crippen LogP) is 2.45. The maximum absolute atomic E-state index is 13.8. The van der Waals surface area contributed by atoms with Gasteiger partial charge in [-0.25, -0.2) is 9.69 Å². The molecular weight excluding hydrogens is 444 g/mol. The quantitative estimate of drug-likeness (QED) is 0.599. The van der Waals surface area contributed by atoms with Crippen molar-refractivity contribution >= 4 is 17.8 Å². The van der Waals surface area contributed by atoms with Crippen molar-refractivity contribution in [2.75, 3.05) is 32.9 Å². The van der Waals surface area contributed by atoms with Gasteiger partial charge in [0.05, 0.1) is 12.8 Å². The molecule has 3 aliphatic heterocycles. The number of likely N-dealkylation sites (tertiary alicyclic amines) is 1. The average Bonchev–Trinajstić information content (AvgIpc) is 3.51. The van der Waals surface area contributed by atoms with Gasteiger partial charge in [-0.1, -0.05) is 60.7 Å². The molecule has 2 aromatic rings. The standard InChI is InChI=1S/C27H32N4O4/c32-24(28-18-23-12-7-17-35-23)20-13-15-30(16-14-20)19-31-25(33)27(29-26(31)34,21-8-3-1-4-9-21)22-10-5-2-6-11-22/h1-6,8-11,20,23H,7,12-19H2,(H,28,32)(H,29,34). The minimum Gasteiger partial charge on any atom is -0.376 e. The van der Waals surface area contributed by atoms with E-state index >= 15 is 0 Å². The number of ether oxygens (including phenoxy) is 1. The number of amides is 4. The van der Waals surface area contributed by atoms with Crippen LogP contribution in [-0.4, -0.2) is 66.7 Å². The molecule has 0 aliphatic carbocycles. The van der Waals surface area contributed by atoms with Crippen molar-refractivity contribution in [1.82, 2.24) is 20.4 Å². The first-order valence-electron chi connectivity index (χ1n) is 12.4. The van der Waals surface area contributed by atoms with Crippen LogP contribution in [0, 0.1) is 5.92 Å². The van der Waals surface area contributed by atoms with Crippen molar-refractivity contribution in [2.24, 2.45) is 5.92 Å². The highest BCUT2D eigenvalue weighted by Gasteiger charge is 2.54. The summed E-state index contributed by atoms with van der Waals surface area (Å²) in [5, 5.41) is 6.03. The fourth-order valence-corrected chi connectivity index (χ4v) is 5.34. The third-order valence-electron chi connectivity index (χ3n) is 7.35. The Hall–Kier alpha value is -3.23. The molecule has 0 spiro atoms. The Balaban J connectivity index is 1.24. The highest BCUT2D eigenvalue weighted by Crippen LogP contribution is 2.36. The monoisotopic (exact) mass is 476 g/mol. The van der Waals surface area contributed by atoms with E-state index in [0.717, 1.165) is 30.6 Å². The second-order valence-electron chi connectivity index (χ2n) is 9.56. The number of benzene rings is 2. The average molecular weight is 477 g/mol. The van der Waals surface area contributed by atoms with Crippen LogP contribution in [0.1, 0.15) is 36.8 Å². The molecule has 3 aliphatic rings. The summed E-state index contributed by atoms with van der Waals surface area (Å²) >= 11 is 0. The van der Waals surface area contributed by atoms with Crippen molar-refractivity contribution < 1.29 is 19.1 Å².